The van der Waals surface area contributed by atoms with Gasteiger partial charge >= 0.3 is 0 Å². The van der Waals surface area contributed by atoms with E-state index in [1.165, 1.54) is 11.3 Å². The molecule has 2 unspecified atom stereocenters. The molecule has 0 aliphatic carbocycles. The average Bonchev–Trinajstić information content (AvgIpc) is 3.40. The van der Waals surface area contributed by atoms with Crippen molar-refractivity contribution in [3.8, 4) is 16.3 Å². The van der Waals surface area contributed by atoms with Gasteiger partial charge in [0.1, 0.15) is 10.7 Å². The van der Waals surface area contributed by atoms with E-state index >= 15 is 0 Å². The second kappa shape index (κ2) is 8.21. The molecule has 1 amide bonds. The van der Waals surface area contributed by atoms with Gasteiger partial charge in [0.05, 0.1) is 11.9 Å². The summed E-state index contributed by atoms with van der Waals surface area (Å²) in [6.07, 6.45) is 4.68. The Hall–Kier alpha value is -2.22. The molecule has 1 saturated heterocycles. The summed E-state index contributed by atoms with van der Waals surface area (Å²) >= 11 is 1.47. The number of aromatic nitrogens is 3. The molecule has 4 rings (SSSR count). The van der Waals surface area contributed by atoms with Crippen molar-refractivity contribution in [2.45, 2.75) is 19.4 Å². The number of amides is 1. The summed E-state index contributed by atoms with van der Waals surface area (Å²) in [5.74, 6) is 0.377. The van der Waals surface area contributed by atoms with Crippen molar-refractivity contribution in [1.29, 1.82) is 0 Å². The van der Waals surface area contributed by atoms with Gasteiger partial charge in [-0.15, -0.1) is 23.7 Å². The summed E-state index contributed by atoms with van der Waals surface area (Å²) in [4.78, 5) is 19.3. The van der Waals surface area contributed by atoms with Gasteiger partial charge < -0.3 is 10.6 Å². The number of nitrogens with two attached hydrogens (primary N) is 1. The Kier molecular flexibility index (Phi) is 5.94. The van der Waals surface area contributed by atoms with Crippen LogP contribution in [0.3, 0.4) is 0 Å². The monoisotopic (exact) mass is 403 g/mol. The first-order valence-corrected chi connectivity index (χ1v) is 9.60. The molecule has 2 aromatic heterocycles. The third kappa shape index (κ3) is 3.90. The molecule has 0 spiro atoms. The van der Waals surface area contributed by atoms with E-state index in [1.54, 1.807) is 6.20 Å². The Morgan fingerprint density at radius 1 is 1.33 bits per heavy atom. The summed E-state index contributed by atoms with van der Waals surface area (Å²) in [6.45, 7) is 3.41. The smallest absolute Gasteiger partial charge is 0.273 e. The largest absolute Gasteiger partial charge is 0.334 e. The molecule has 2 atom stereocenters. The van der Waals surface area contributed by atoms with Crippen molar-refractivity contribution in [1.82, 2.24) is 19.7 Å². The minimum atomic E-state index is -0.00796. The maximum atomic E-state index is 12.8. The lowest BCUT2D eigenvalue weighted by Crippen LogP contribution is -2.34. The molecule has 3 aromatic rings. The number of benzene rings is 1. The van der Waals surface area contributed by atoms with Gasteiger partial charge in [0.15, 0.2) is 0 Å². The number of hydrogen-bond acceptors (Lipinski definition) is 5. The van der Waals surface area contributed by atoms with Crippen molar-refractivity contribution in [2.75, 3.05) is 13.1 Å². The van der Waals surface area contributed by atoms with Gasteiger partial charge in [0.2, 0.25) is 0 Å². The Morgan fingerprint density at radius 3 is 2.81 bits per heavy atom. The van der Waals surface area contributed by atoms with Gasteiger partial charge in [0, 0.05) is 29.7 Å². The van der Waals surface area contributed by atoms with Gasteiger partial charge in [-0.3, -0.25) is 4.79 Å². The fourth-order valence-corrected chi connectivity index (χ4v) is 4.17. The number of carbonyl (C=O) groups is 1. The van der Waals surface area contributed by atoms with Crippen LogP contribution in [0.2, 0.25) is 0 Å². The zero-order valence-corrected chi connectivity index (χ0v) is 16.6. The molecule has 3 heterocycles. The molecule has 142 valence electrons. The molecule has 0 saturated carbocycles. The lowest BCUT2D eigenvalue weighted by molar-refractivity contribution is 0.0738. The van der Waals surface area contributed by atoms with E-state index in [0.29, 0.717) is 18.2 Å². The molecule has 8 heteroatoms. The van der Waals surface area contributed by atoms with Crippen LogP contribution in [0.15, 0.2) is 48.1 Å². The van der Waals surface area contributed by atoms with Crippen molar-refractivity contribution >= 4 is 29.7 Å². The molecule has 0 radical (unpaired) electrons. The Bertz CT molecular complexity index is 910. The van der Waals surface area contributed by atoms with Crippen LogP contribution in [0.5, 0.6) is 0 Å². The highest BCUT2D eigenvalue weighted by molar-refractivity contribution is 7.13. The second-order valence-corrected chi connectivity index (χ2v) is 7.55. The van der Waals surface area contributed by atoms with Crippen molar-refractivity contribution < 1.29 is 4.79 Å². The average molecular weight is 404 g/mol. The highest BCUT2D eigenvalue weighted by atomic mass is 35.5. The fourth-order valence-electron chi connectivity index (χ4n) is 3.40. The number of nitrogens with zero attached hydrogens (tertiary/aromatic N) is 4. The van der Waals surface area contributed by atoms with E-state index in [-0.39, 0.29) is 24.4 Å². The minimum Gasteiger partial charge on any atom is -0.334 e. The number of para-hydroxylation sites is 1. The maximum Gasteiger partial charge on any atom is 0.273 e. The molecule has 1 fully saturated rings. The van der Waals surface area contributed by atoms with Gasteiger partial charge in [-0.2, -0.15) is 5.10 Å². The van der Waals surface area contributed by atoms with Gasteiger partial charge in [-0.1, -0.05) is 18.2 Å². The number of carbonyl (C=O) groups excluding carboxylic acids is 1. The highest BCUT2D eigenvalue weighted by Gasteiger charge is 2.33. The highest BCUT2D eigenvalue weighted by Crippen LogP contribution is 2.28. The van der Waals surface area contributed by atoms with Crippen LogP contribution >= 0.6 is 23.7 Å². The molecule has 6 nitrogen and oxygen atoms in total. The van der Waals surface area contributed by atoms with Crippen LogP contribution in [0.4, 0.5) is 0 Å². The number of thiazole rings is 1. The number of hydrogen-bond donors (Lipinski definition) is 1. The zero-order chi connectivity index (χ0) is 18.1. The lowest BCUT2D eigenvalue weighted by atomic mass is 10.1. The van der Waals surface area contributed by atoms with Crippen molar-refractivity contribution in [2.24, 2.45) is 11.7 Å². The summed E-state index contributed by atoms with van der Waals surface area (Å²) in [5.41, 5.74) is 8.17. The van der Waals surface area contributed by atoms with E-state index in [4.69, 9.17) is 5.73 Å². The molecule has 1 aliphatic heterocycles. The first-order valence-electron chi connectivity index (χ1n) is 8.72. The predicted octanol–water partition coefficient (Wildman–Crippen LogP) is 3.23. The van der Waals surface area contributed by atoms with Crippen LogP contribution in [0.1, 0.15) is 23.8 Å². The topological polar surface area (TPSA) is 77.0 Å². The number of likely N-dealkylation sites (tertiary alicyclic amines) is 1. The molecule has 0 bridgehead atoms. The zero-order valence-electron chi connectivity index (χ0n) is 15.0. The van der Waals surface area contributed by atoms with Crippen LogP contribution in [0, 0.1) is 5.92 Å². The third-order valence-corrected chi connectivity index (χ3v) is 5.72. The Labute approximate surface area is 168 Å². The quantitative estimate of drug-likeness (QED) is 0.725. The Balaban J connectivity index is 0.00000210. The second-order valence-electron chi connectivity index (χ2n) is 6.69. The van der Waals surface area contributed by atoms with Crippen molar-refractivity contribution in [3.63, 3.8) is 0 Å². The van der Waals surface area contributed by atoms with E-state index in [1.807, 2.05) is 51.5 Å². The molecule has 27 heavy (non-hydrogen) atoms. The molecular formula is C19H22ClN5OS. The molecule has 1 aliphatic rings. The van der Waals surface area contributed by atoms with E-state index < -0.39 is 0 Å². The number of rotatable bonds is 4. The summed E-state index contributed by atoms with van der Waals surface area (Å²) < 4.78 is 1.81. The van der Waals surface area contributed by atoms with Crippen LogP contribution in [0.25, 0.3) is 16.3 Å². The molecular weight excluding hydrogens is 382 g/mol. The molecule has 2 N–H and O–H groups in total. The number of halogens is 1. The predicted molar refractivity (Wildman–Crippen MR) is 110 cm³/mol. The van der Waals surface area contributed by atoms with E-state index in [2.05, 4.69) is 17.0 Å². The fraction of sp³-hybridized carbons (Fsp3) is 0.316. The first kappa shape index (κ1) is 19.5. The van der Waals surface area contributed by atoms with Crippen LogP contribution in [-0.2, 0) is 0 Å². The van der Waals surface area contributed by atoms with Crippen LogP contribution < -0.4 is 5.73 Å². The van der Waals surface area contributed by atoms with Crippen molar-refractivity contribution in [3.05, 3.63) is 53.8 Å². The third-order valence-electron chi connectivity index (χ3n) is 4.83. The van der Waals surface area contributed by atoms with E-state index in [9.17, 15) is 4.79 Å². The summed E-state index contributed by atoms with van der Waals surface area (Å²) in [6, 6.07) is 10.1. The normalized spacial score (nSPS) is 19.1. The standard InChI is InChI=1S/C19H21N5OS.ClH/c1-13-7-14(8-20)10-23(13)19(25)17-12-26-18(22-17)15-9-21-24(11-15)16-5-3-2-4-6-16;/h2-6,9,11-14H,7-8,10,20H2,1H3;1H. The molecule has 1 aromatic carbocycles. The SMILES string of the molecule is CC1CC(CN)CN1C(=O)c1csc(-c2cnn(-c3ccccc3)c2)n1.Cl. The summed E-state index contributed by atoms with van der Waals surface area (Å²) in [5, 5.41) is 7.04. The van der Waals surface area contributed by atoms with Crippen LogP contribution in [-0.4, -0.2) is 44.7 Å². The minimum absolute atomic E-state index is 0. The summed E-state index contributed by atoms with van der Waals surface area (Å²) in [7, 11) is 0. The lowest BCUT2D eigenvalue weighted by Gasteiger charge is -2.20. The first-order chi connectivity index (χ1) is 12.7. The maximum absolute atomic E-state index is 12.8. The van der Waals surface area contributed by atoms with Gasteiger partial charge in [0.25, 0.3) is 5.91 Å². The Morgan fingerprint density at radius 2 is 2.11 bits per heavy atom. The van der Waals surface area contributed by atoms with E-state index in [0.717, 1.165) is 29.2 Å². The van der Waals surface area contributed by atoms with Gasteiger partial charge in [-0.25, -0.2) is 9.67 Å². The van der Waals surface area contributed by atoms with Gasteiger partial charge in [-0.05, 0) is 37.9 Å².